The number of ether oxygens (including phenoxy) is 1. The fourth-order valence-corrected chi connectivity index (χ4v) is 4.45. The summed E-state index contributed by atoms with van der Waals surface area (Å²) in [4.78, 5) is 36.9. The highest BCUT2D eigenvalue weighted by Crippen LogP contribution is 2.44. The number of anilines is 1. The summed E-state index contributed by atoms with van der Waals surface area (Å²) in [7, 11) is 0. The quantitative estimate of drug-likeness (QED) is 0.411. The van der Waals surface area contributed by atoms with Crippen LogP contribution in [0.1, 0.15) is 52.7 Å². The van der Waals surface area contributed by atoms with Gasteiger partial charge in [-0.25, -0.2) is 9.59 Å². The molecule has 0 spiro atoms. The topological polar surface area (TPSA) is 105 Å². The molecule has 7 nitrogen and oxygen atoms in total. The van der Waals surface area contributed by atoms with Crippen LogP contribution < -0.4 is 10.6 Å². The minimum Gasteiger partial charge on any atom is -0.478 e. The van der Waals surface area contributed by atoms with Gasteiger partial charge in [-0.3, -0.25) is 4.79 Å². The van der Waals surface area contributed by atoms with Gasteiger partial charge in [0.15, 0.2) is 0 Å². The number of fused-ring (bicyclic) bond motifs is 3. The molecule has 0 saturated heterocycles. The van der Waals surface area contributed by atoms with Crippen LogP contribution in [0.25, 0.3) is 11.1 Å². The highest BCUT2D eigenvalue weighted by molar-refractivity contribution is 5.98. The van der Waals surface area contributed by atoms with E-state index in [2.05, 4.69) is 22.8 Å². The normalized spacial score (nSPS) is 12.9. The number of carbonyl (C=O) groups is 3. The summed E-state index contributed by atoms with van der Waals surface area (Å²) < 4.78 is 5.58. The Morgan fingerprint density at radius 3 is 2.20 bits per heavy atom. The summed E-state index contributed by atoms with van der Waals surface area (Å²) in [5, 5.41) is 14.7. The van der Waals surface area contributed by atoms with E-state index in [0.717, 1.165) is 27.8 Å². The van der Waals surface area contributed by atoms with Gasteiger partial charge in [-0.05, 0) is 53.3 Å². The molecule has 0 unspecified atom stereocenters. The molecule has 3 aromatic carbocycles. The summed E-state index contributed by atoms with van der Waals surface area (Å²) in [5.41, 5.74) is 5.68. The van der Waals surface area contributed by atoms with Crippen LogP contribution in [0.15, 0.2) is 66.7 Å². The van der Waals surface area contributed by atoms with Gasteiger partial charge >= 0.3 is 12.1 Å². The lowest BCUT2D eigenvalue weighted by Gasteiger charge is -2.20. The summed E-state index contributed by atoms with van der Waals surface area (Å²) in [6.07, 6.45) is 0.403. The van der Waals surface area contributed by atoms with E-state index in [9.17, 15) is 19.5 Å². The Hall–Kier alpha value is -4.13. The van der Waals surface area contributed by atoms with Gasteiger partial charge in [0.05, 0.1) is 5.56 Å². The van der Waals surface area contributed by atoms with E-state index >= 15 is 0 Å². The van der Waals surface area contributed by atoms with Gasteiger partial charge in [-0.1, -0.05) is 67.9 Å². The third-order valence-corrected chi connectivity index (χ3v) is 6.27. The Kier molecular flexibility index (Phi) is 7.15. The Morgan fingerprint density at radius 2 is 1.60 bits per heavy atom. The van der Waals surface area contributed by atoms with E-state index in [0.29, 0.717) is 18.5 Å². The molecule has 2 amide bonds. The molecule has 1 aliphatic rings. The van der Waals surface area contributed by atoms with Crippen LogP contribution in [0.3, 0.4) is 0 Å². The molecule has 0 aromatic heterocycles. The van der Waals surface area contributed by atoms with Gasteiger partial charge in [0.2, 0.25) is 5.91 Å². The molecule has 0 bridgehead atoms. The number of aromatic carboxylic acids is 1. The van der Waals surface area contributed by atoms with E-state index in [4.69, 9.17) is 4.74 Å². The van der Waals surface area contributed by atoms with E-state index in [1.54, 1.807) is 13.0 Å². The number of hydrogen-bond donors (Lipinski definition) is 3. The van der Waals surface area contributed by atoms with Gasteiger partial charge in [0, 0.05) is 11.6 Å². The van der Waals surface area contributed by atoms with Crippen molar-refractivity contribution in [2.75, 3.05) is 11.9 Å². The Bertz CT molecular complexity index is 1220. The van der Waals surface area contributed by atoms with Crippen molar-refractivity contribution in [3.05, 3.63) is 89.0 Å². The molecule has 180 valence electrons. The van der Waals surface area contributed by atoms with Gasteiger partial charge in [-0.2, -0.15) is 0 Å². The van der Waals surface area contributed by atoms with Crippen molar-refractivity contribution < 1.29 is 24.2 Å². The number of aryl methyl sites for hydroxylation is 1. The van der Waals surface area contributed by atoms with Crippen molar-refractivity contribution in [3.63, 3.8) is 0 Å². The summed E-state index contributed by atoms with van der Waals surface area (Å²) in [6.45, 7) is 3.84. The molecule has 35 heavy (non-hydrogen) atoms. The predicted octanol–water partition coefficient (Wildman–Crippen LogP) is 5.34. The third kappa shape index (κ3) is 5.19. The second-order valence-corrected chi connectivity index (χ2v) is 8.64. The first-order chi connectivity index (χ1) is 16.9. The fraction of sp³-hybridized carbons (Fsp3) is 0.250. The predicted molar refractivity (Wildman–Crippen MR) is 134 cm³/mol. The number of carboxylic acids is 1. The van der Waals surface area contributed by atoms with Crippen LogP contribution in [0.4, 0.5) is 10.5 Å². The molecule has 4 rings (SSSR count). The highest BCUT2D eigenvalue weighted by Gasteiger charge is 2.29. The van der Waals surface area contributed by atoms with Crippen molar-refractivity contribution >= 4 is 23.7 Å². The first-order valence-electron chi connectivity index (χ1n) is 11.6. The molecule has 0 heterocycles. The van der Waals surface area contributed by atoms with Crippen LogP contribution in [0.2, 0.25) is 0 Å². The number of carbonyl (C=O) groups excluding carboxylic acids is 2. The van der Waals surface area contributed by atoms with E-state index in [1.807, 2.05) is 43.3 Å². The fourth-order valence-electron chi connectivity index (χ4n) is 4.45. The number of nitrogens with one attached hydrogen (secondary N) is 2. The maximum atomic E-state index is 12.9. The molecule has 3 N–H and O–H groups in total. The standard InChI is InChI=1S/C28H28N2O5/c1-3-8-24(26(31)29-25-15-18(27(32)33)14-13-17(25)2)30-28(34)35-16-23-21-11-6-4-9-19(21)20-10-5-7-12-22(20)23/h4-7,9-15,23-24H,3,8,16H2,1-2H3,(H,29,31)(H,30,34)(H,32,33)/t24-/m0/s1. The van der Waals surface area contributed by atoms with Crippen LogP contribution >= 0.6 is 0 Å². The number of alkyl carbamates (subject to hydrolysis) is 1. The van der Waals surface area contributed by atoms with Gasteiger partial charge in [-0.15, -0.1) is 0 Å². The molecule has 0 aliphatic heterocycles. The monoisotopic (exact) mass is 472 g/mol. The first kappa shape index (κ1) is 24.0. The molecular weight excluding hydrogens is 444 g/mol. The SMILES string of the molecule is CCC[C@H](NC(=O)OCC1c2ccccc2-c2ccccc21)C(=O)Nc1cc(C(=O)O)ccc1C. The lowest BCUT2D eigenvalue weighted by molar-refractivity contribution is -0.118. The minimum atomic E-state index is -1.08. The zero-order chi connectivity index (χ0) is 24.9. The molecular formula is C28H28N2O5. The number of hydrogen-bond acceptors (Lipinski definition) is 4. The van der Waals surface area contributed by atoms with Crippen molar-refractivity contribution in [3.8, 4) is 11.1 Å². The summed E-state index contributed by atoms with van der Waals surface area (Å²) in [6, 6.07) is 19.9. The molecule has 0 saturated carbocycles. The molecule has 1 atom stereocenters. The van der Waals surface area contributed by atoms with Gasteiger partial charge < -0.3 is 20.5 Å². The Labute approximate surface area is 204 Å². The maximum absolute atomic E-state index is 12.9. The molecule has 0 radical (unpaired) electrons. The minimum absolute atomic E-state index is 0.0717. The number of amides is 2. The molecule has 7 heteroatoms. The number of benzene rings is 3. The van der Waals surface area contributed by atoms with Crippen molar-refractivity contribution in [2.45, 2.75) is 38.6 Å². The van der Waals surface area contributed by atoms with Crippen LogP contribution in [0.5, 0.6) is 0 Å². The summed E-state index contributed by atoms with van der Waals surface area (Å²) >= 11 is 0. The second-order valence-electron chi connectivity index (χ2n) is 8.64. The number of carboxylic acid groups (broad SMARTS) is 1. The molecule has 1 aliphatic carbocycles. The average Bonchev–Trinajstić information content (AvgIpc) is 3.17. The summed E-state index contributed by atoms with van der Waals surface area (Å²) in [5.74, 6) is -1.58. The lowest BCUT2D eigenvalue weighted by Crippen LogP contribution is -2.44. The zero-order valence-corrected chi connectivity index (χ0v) is 19.7. The Morgan fingerprint density at radius 1 is 0.971 bits per heavy atom. The van der Waals surface area contributed by atoms with Crippen molar-refractivity contribution in [2.24, 2.45) is 0 Å². The third-order valence-electron chi connectivity index (χ3n) is 6.27. The van der Waals surface area contributed by atoms with Gasteiger partial charge in [0.25, 0.3) is 0 Å². The van der Waals surface area contributed by atoms with Crippen molar-refractivity contribution in [1.29, 1.82) is 0 Å². The smallest absolute Gasteiger partial charge is 0.407 e. The van der Waals surface area contributed by atoms with Crippen LogP contribution in [0, 0.1) is 6.92 Å². The first-order valence-corrected chi connectivity index (χ1v) is 11.6. The van der Waals surface area contributed by atoms with Crippen LogP contribution in [-0.2, 0) is 9.53 Å². The lowest BCUT2D eigenvalue weighted by atomic mass is 9.98. The second kappa shape index (κ2) is 10.4. The van der Waals surface area contributed by atoms with Crippen LogP contribution in [-0.4, -0.2) is 35.7 Å². The molecule has 3 aromatic rings. The van der Waals surface area contributed by atoms with E-state index in [1.165, 1.54) is 12.1 Å². The zero-order valence-electron chi connectivity index (χ0n) is 19.7. The average molecular weight is 473 g/mol. The largest absolute Gasteiger partial charge is 0.478 e. The van der Waals surface area contributed by atoms with Crippen molar-refractivity contribution in [1.82, 2.24) is 5.32 Å². The maximum Gasteiger partial charge on any atom is 0.407 e. The van der Waals surface area contributed by atoms with Gasteiger partial charge in [0.1, 0.15) is 12.6 Å². The Balaban J connectivity index is 1.42. The highest BCUT2D eigenvalue weighted by atomic mass is 16.5. The number of rotatable bonds is 8. The molecule has 0 fully saturated rings. The van der Waals surface area contributed by atoms with E-state index in [-0.39, 0.29) is 18.1 Å². The van der Waals surface area contributed by atoms with E-state index < -0.39 is 24.0 Å².